The van der Waals surface area contributed by atoms with Crippen LogP contribution in [0.5, 0.6) is 0 Å². The molecule has 1 aromatic rings. The van der Waals surface area contributed by atoms with Gasteiger partial charge in [0.2, 0.25) is 5.91 Å². The van der Waals surface area contributed by atoms with Gasteiger partial charge in [-0.3, -0.25) is 14.9 Å². The minimum Gasteiger partial charge on any atom is -0.392 e. The smallest absolute Gasteiger partial charge is 0.269 e. The van der Waals surface area contributed by atoms with Gasteiger partial charge in [0.05, 0.1) is 11.5 Å². The van der Waals surface area contributed by atoms with Crippen LogP contribution in [0.2, 0.25) is 0 Å². The van der Waals surface area contributed by atoms with Crippen molar-refractivity contribution < 1.29 is 14.8 Å². The standard InChI is InChI=1S/C13H17N3O4/c1-2-11-13(18)14-5-6-15(11)12-4-3-10(16(19)20)7-9(12)8-17/h3-4,7,11,17H,2,5-6,8H2,1H3,(H,14,18). The zero-order valence-corrected chi connectivity index (χ0v) is 11.2. The summed E-state index contributed by atoms with van der Waals surface area (Å²) in [6, 6.07) is 4.04. The largest absolute Gasteiger partial charge is 0.392 e. The van der Waals surface area contributed by atoms with E-state index in [0.717, 1.165) is 0 Å². The number of piperazine rings is 1. The summed E-state index contributed by atoms with van der Waals surface area (Å²) in [6.45, 7) is 2.75. The van der Waals surface area contributed by atoms with Crippen LogP contribution in [0, 0.1) is 10.1 Å². The van der Waals surface area contributed by atoms with Crippen LogP contribution < -0.4 is 10.2 Å². The fourth-order valence-electron chi connectivity index (χ4n) is 2.50. The first-order valence-electron chi connectivity index (χ1n) is 6.51. The Morgan fingerprint density at radius 2 is 2.30 bits per heavy atom. The lowest BCUT2D eigenvalue weighted by Gasteiger charge is -2.37. The van der Waals surface area contributed by atoms with E-state index >= 15 is 0 Å². The van der Waals surface area contributed by atoms with Crippen molar-refractivity contribution in [2.45, 2.75) is 26.0 Å². The van der Waals surface area contributed by atoms with E-state index < -0.39 is 4.92 Å². The first-order chi connectivity index (χ1) is 9.58. The number of carbonyl (C=O) groups excluding carboxylic acids is 1. The summed E-state index contributed by atoms with van der Waals surface area (Å²) in [5.74, 6) is -0.0546. The van der Waals surface area contributed by atoms with Gasteiger partial charge in [-0.05, 0) is 12.5 Å². The molecule has 1 aliphatic rings. The molecule has 0 saturated carbocycles. The second-order valence-electron chi connectivity index (χ2n) is 4.64. The molecule has 1 aliphatic heterocycles. The monoisotopic (exact) mass is 279 g/mol. The van der Waals surface area contributed by atoms with Gasteiger partial charge in [-0.1, -0.05) is 6.92 Å². The van der Waals surface area contributed by atoms with Crippen LogP contribution in [0.3, 0.4) is 0 Å². The third-order valence-electron chi connectivity index (χ3n) is 3.47. The number of non-ortho nitro benzene ring substituents is 1. The Balaban J connectivity index is 2.40. The SMILES string of the molecule is CCC1C(=O)NCCN1c1ccc([N+](=O)[O-])cc1CO. The molecular weight excluding hydrogens is 262 g/mol. The number of anilines is 1. The molecule has 0 aliphatic carbocycles. The molecule has 108 valence electrons. The summed E-state index contributed by atoms with van der Waals surface area (Å²) in [5, 5.41) is 23.0. The van der Waals surface area contributed by atoms with Gasteiger partial charge < -0.3 is 15.3 Å². The lowest BCUT2D eigenvalue weighted by atomic mass is 10.1. The third kappa shape index (κ3) is 2.57. The maximum absolute atomic E-state index is 11.9. The van der Waals surface area contributed by atoms with E-state index in [9.17, 15) is 20.0 Å². The highest BCUT2D eigenvalue weighted by Crippen LogP contribution is 2.28. The minimum absolute atomic E-state index is 0.0546. The lowest BCUT2D eigenvalue weighted by molar-refractivity contribution is -0.384. The second kappa shape index (κ2) is 5.87. The molecule has 1 amide bonds. The van der Waals surface area contributed by atoms with Crippen LogP contribution >= 0.6 is 0 Å². The van der Waals surface area contributed by atoms with Crippen molar-refractivity contribution in [3.05, 3.63) is 33.9 Å². The number of nitrogens with zero attached hydrogens (tertiary/aromatic N) is 2. The normalized spacial score (nSPS) is 18.8. The zero-order valence-electron chi connectivity index (χ0n) is 11.2. The number of carbonyl (C=O) groups is 1. The van der Waals surface area contributed by atoms with Crippen LogP contribution in [0.1, 0.15) is 18.9 Å². The first kappa shape index (κ1) is 14.3. The maximum atomic E-state index is 11.9. The van der Waals surface area contributed by atoms with Crippen molar-refractivity contribution in [1.82, 2.24) is 5.32 Å². The number of aliphatic hydroxyl groups excluding tert-OH is 1. The number of rotatable bonds is 4. The Bertz CT molecular complexity index is 532. The summed E-state index contributed by atoms with van der Waals surface area (Å²) in [5.41, 5.74) is 1.08. The van der Waals surface area contributed by atoms with Gasteiger partial charge in [-0.25, -0.2) is 0 Å². The van der Waals surface area contributed by atoms with E-state index in [2.05, 4.69) is 5.32 Å². The van der Waals surface area contributed by atoms with E-state index in [4.69, 9.17) is 0 Å². The Morgan fingerprint density at radius 3 is 2.90 bits per heavy atom. The van der Waals surface area contributed by atoms with E-state index in [1.807, 2.05) is 11.8 Å². The fourth-order valence-corrected chi connectivity index (χ4v) is 2.50. The Morgan fingerprint density at radius 1 is 1.55 bits per heavy atom. The number of benzene rings is 1. The summed E-state index contributed by atoms with van der Waals surface area (Å²) in [7, 11) is 0. The highest BCUT2D eigenvalue weighted by molar-refractivity contribution is 5.86. The van der Waals surface area contributed by atoms with E-state index in [0.29, 0.717) is 30.8 Å². The van der Waals surface area contributed by atoms with Gasteiger partial charge in [0.15, 0.2) is 0 Å². The summed E-state index contributed by atoms with van der Waals surface area (Å²) < 4.78 is 0. The quantitative estimate of drug-likeness (QED) is 0.628. The molecule has 1 saturated heterocycles. The molecule has 7 heteroatoms. The van der Waals surface area contributed by atoms with E-state index in [-0.39, 0.29) is 24.2 Å². The number of amides is 1. The number of nitrogens with one attached hydrogen (secondary N) is 1. The third-order valence-corrected chi connectivity index (χ3v) is 3.47. The Kier molecular flexibility index (Phi) is 4.19. The number of aliphatic hydroxyl groups is 1. The van der Waals surface area contributed by atoms with Crippen molar-refractivity contribution in [3.8, 4) is 0 Å². The molecule has 1 atom stereocenters. The molecule has 0 bridgehead atoms. The molecule has 1 fully saturated rings. The highest BCUT2D eigenvalue weighted by atomic mass is 16.6. The molecule has 1 unspecified atom stereocenters. The molecule has 1 heterocycles. The second-order valence-corrected chi connectivity index (χ2v) is 4.64. The molecule has 0 aromatic heterocycles. The fraction of sp³-hybridized carbons (Fsp3) is 0.462. The topological polar surface area (TPSA) is 95.7 Å². The van der Waals surface area contributed by atoms with Gasteiger partial charge in [0.1, 0.15) is 6.04 Å². The van der Waals surface area contributed by atoms with Gasteiger partial charge in [-0.2, -0.15) is 0 Å². The van der Waals surface area contributed by atoms with Crippen LogP contribution in [0.25, 0.3) is 0 Å². The van der Waals surface area contributed by atoms with Crippen molar-refractivity contribution in [2.24, 2.45) is 0 Å². The lowest BCUT2D eigenvalue weighted by Crippen LogP contribution is -2.55. The zero-order chi connectivity index (χ0) is 14.7. The Labute approximate surface area is 116 Å². The van der Waals surface area contributed by atoms with Crippen LogP contribution in [-0.2, 0) is 11.4 Å². The molecular formula is C13H17N3O4. The van der Waals surface area contributed by atoms with Gasteiger partial charge in [0, 0.05) is 36.5 Å². The van der Waals surface area contributed by atoms with E-state index in [1.165, 1.54) is 12.1 Å². The summed E-state index contributed by atoms with van der Waals surface area (Å²) in [6.07, 6.45) is 0.633. The minimum atomic E-state index is -0.497. The molecule has 7 nitrogen and oxygen atoms in total. The van der Waals surface area contributed by atoms with Gasteiger partial charge in [0.25, 0.3) is 5.69 Å². The maximum Gasteiger partial charge on any atom is 0.269 e. The van der Waals surface area contributed by atoms with Gasteiger partial charge >= 0.3 is 0 Å². The highest BCUT2D eigenvalue weighted by Gasteiger charge is 2.29. The average molecular weight is 279 g/mol. The van der Waals surface area contributed by atoms with E-state index in [1.54, 1.807) is 6.07 Å². The van der Waals surface area contributed by atoms with Gasteiger partial charge in [-0.15, -0.1) is 0 Å². The van der Waals surface area contributed by atoms with Crippen molar-refractivity contribution in [2.75, 3.05) is 18.0 Å². The number of nitro benzene ring substituents is 1. The van der Waals surface area contributed by atoms with Crippen LogP contribution in [-0.4, -0.2) is 35.1 Å². The average Bonchev–Trinajstić information content (AvgIpc) is 2.46. The molecule has 20 heavy (non-hydrogen) atoms. The molecule has 0 radical (unpaired) electrons. The van der Waals surface area contributed by atoms with Crippen LogP contribution in [0.4, 0.5) is 11.4 Å². The van der Waals surface area contributed by atoms with Crippen molar-refractivity contribution in [1.29, 1.82) is 0 Å². The summed E-state index contributed by atoms with van der Waals surface area (Å²) >= 11 is 0. The first-order valence-corrected chi connectivity index (χ1v) is 6.51. The number of hydrogen-bond acceptors (Lipinski definition) is 5. The Hall–Kier alpha value is -2.15. The molecule has 2 N–H and O–H groups in total. The van der Waals surface area contributed by atoms with Crippen molar-refractivity contribution >= 4 is 17.3 Å². The molecule has 0 spiro atoms. The summed E-state index contributed by atoms with van der Waals surface area (Å²) in [4.78, 5) is 24.0. The van der Waals surface area contributed by atoms with Crippen molar-refractivity contribution in [3.63, 3.8) is 0 Å². The van der Waals surface area contributed by atoms with Crippen LogP contribution in [0.15, 0.2) is 18.2 Å². The number of hydrogen-bond donors (Lipinski definition) is 2. The molecule has 1 aromatic carbocycles. The number of nitro groups is 1. The molecule has 2 rings (SSSR count). The predicted octanol–water partition coefficient (Wildman–Crippen LogP) is 0.802. The predicted molar refractivity (Wildman–Crippen MR) is 73.5 cm³/mol.